The lowest BCUT2D eigenvalue weighted by atomic mass is 10.1. The fourth-order valence-corrected chi connectivity index (χ4v) is 5.02. The number of rotatable bonds is 5. The van der Waals surface area contributed by atoms with Crippen LogP contribution in [-0.2, 0) is 16.2 Å². The van der Waals surface area contributed by atoms with Crippen molar-refractivity contribution in [3.05, 3.63) is 52.5 Å². The molecule has 0 bridgehead atoms. The molecule has 0 aromatic heterocycles. The molecule has 1 aliphatic heterocycles. The Morgan fingerprint density at radius 2 is 1.68 bits per heavy atom. The van der Waals surface area contributed by atoms with Crippen molar-refractivity contribution in [2.75, 3.05) is 22.7 Å². The van der Waals surface area contributed by atoms with Gasteiger partial charge in [-0.1, -0.05) is 24.4 Å². The summed E-state index contributed by atoms with van der Waals surface area (Å²) in [6.45, 7) is 1.16. The number of hydrogen-bond acceptors (Lipinski definition) is 4. The lowest BCUT2D eigenvalue weighted by Crippen LogP contribution is -2.26. The second kappa shape index (κ2) is 8.96. The topological polar surface area (TPSA) is 86.7 Å². The van der Waals surface area contributed by atoms with Gasteiger partial charge in [-0.05, 0) is 49.2 Å². The number of benzene rings is 2. The highest BCUT2D eigenvalue weighted by atomic mass is 35.5. The van der Waals surface area contributed by atoms with Gasteiger partial charge in [-0.15, -0.1) is 0 Å². The maximum absolute atomic E-state index is 13.3. The van der Waals surface area contributed by atoms with Crippen molar-refractivity contribution < 1.29 is 31.5 Å². The molecule has 6 nitrogen and oxygen atoms in total. The van der Waals surface area contributed by atoms with Crippen LogP contribution in [0.5, 0.6) is 0 Å². The number of carboxylic acids is 1. The van der Waals surface area contributed by atoms with E-state index in [1.54, 1.807) is 0 Å². The summed E-state index contributed by atoms with van der Waals surface area (Å²) in [6.07, 6.45) is -1.04. The number of hydrogen-bond donors (Lipinski definition) is 2. The van der Waals surface area contributed by atoms with Gasteiger partial charge in [0.2, 0.25) is 0 Å². The van der Waals surface area contributed by atoms with E-state index in [-0.39, 0.29) is 16.3 Å². The smallest absolute Gasteiger partial charge is 0.416 e. The third kappa shape index (κ3) is 5.43. The van der Waals surface area contributed by atoms with E-state index < -0.39 is 32.6 Å². The van der Waals surface area contributed by atoms with Gasteiger partial charge in [-0.3, -0.25) is 4.72 Å². The van der Waals surface area contributed by atoms with Gasteiger partial charge < -0.3 is 10.0 Å². The van der Waals surface area contributed by atoms with Gasteiger partial charge in [0, 0.05) is 13.1 Å². The molecule has 3 rings (SSSR count). The fraction of sp³-hybridized carbons (Fsp3) is 0.350. The molecule has 1 heterocycles. The number of aromatic carboxylic acids is 1. The Morgan fingerprint density at radius 3 is 2.26 bits per heavy atom. The number of sulfonamides is 1. The minimum atomic E-state index is -4.67. The molecule has 0 spiro atoms. The molecule has 1 fully saturated rings. The summed E-state index contributed by atoms with van der Waals surface area (Å²) in [5.41, 5.74) is -1.24. The Kier molecular flexibility index (Phi) is 6.70. The highest BCUT2D eigenvalue weighted by Gasteiger charge is 2.32. The third-order valence-electron chi connectivity index (χ3n) is 4.98. The van der Waals surface area contributed by atoms with E-state index >= 15 is 0 Å². The van der Waals surface area contributed by atoms with Crippen molar-refractivity contribution in [1.29, 1.82) is 0 Å². The van der Waals surface area contributed by atoms with Gasteiger partial charge in [-0.2, -0.15) is 13.2 Å². The van der Waals surface area contributed by atoms with Crippen LogP contribution in [-0.4, -0.2) is 32.6 Å². The second-order valence-corrected chi connectivity index (χ2v) is 9.24. The lowest BCUT2D eigenvalue weighted by Gasteiger charge is -2.26. The zero-order chi connectivity index (χ0) is 22.8. The van der Waals surface area contributed by atoms with Gasteiger partial charge in [-0.25, -0.2) is 13.2 Å². The van der Waals surface area contributed by atoms with Crippen LogP contribution < -0.4 is 9.62 Å². The Labute approximate surface area is 182 Å². The van der Waals surface area contributed by atoms with Gasteiger partial charge >= 0.3 is 12.1 Å². The average Bonchev–Trinajstić information content (AvgIpc) is 2.96. The normalized spacial score (nSPS) is 15.4. The van der Waals surface area contributed by atoms with Crippen molar-refractivity contribution >= 4 is 39.0 Å². The summed E-state index contributed by atoms with van der Waals surface area (Å²) in [7, 11) is -4.47. The number of nitrogens with zero attached hydrogens (tertiary/aromatic N) is 1. The number of carbonyl (C=O) groups is 1. The Morgan fingerprint density at radius 1 is 1.03 bits per heavy atom. The molecule has 1 aliphatic rings. The van der Waals surface area contributed by atoms with Crippen molar-refractivity contribution in [2.24, 2.45) is 0 Å². The fourth-order valence-electron chi connectivity index (χ4n) is 3.42. The molecule has 0 amide bonds. The molecule has 1 saturated heterocycles. The van der Waals surface area contributed by atoms with Crippen LogP contribution in [0.2, 0.25) is 5.02 Å². The van der Waals surface area contributed by atoms with Crippen molar-refractivity contribution in [3.63, 3.8) is 0 Å². The summed E-state index contributed by atoms with van der Waals surface area (Å²) in [5.74, 6) is -1.36. The second-order valence-electron chi connectivity index (χ2n) is 7.19. The van der Waals surface area contributed by atoms with Gasteiger partial charge in [0.15, 0.2) is 0 Å². The van der Waals surface area contributed by atoms with Crippen LogP contribution >= 0.6 is 11.6 Å². The number of anilines is 2. The number of alkyl halides is 3. The maximum atomic E-state index is 13.3. The highest BCUT2D eigenvalue weighted by molar-refractivity contribution is 7.92. The molecule has 0 unspecified atom stereocenters. The Bertz CT molecular complexity index is 1080. The third-order valence-corrected chi connectivity index (χ3v) is 6.83. The lowest BCUT2D eigenvalue weighted by molar-refractivity contribution is -0.137. The first-order valence-corrected chi connectivity index (χ1v) is 11.4. The van der Waals surface area contributed by atoms with Crippen LogP contribution in [0.4, 0.5) is 24.5 Å². The predicted molar refractivity (Wildman–Crippen MR) is 111 cm³/mol. The number of nitrogens with one attached hydrogen (secondary N) is 1. The molecule has 0 aliphatic carbocycles. The SMILES string of the molecule is O=C(O)c1ccc(Cl)c(S(=O)(=O)Nc2cc(C(F)(F)F)ccc2N2CCCCCC2)c1. The van der Waals surface area contributed by atoms with Gasteiger partial charge in [0.25, 0.3) is 10.0 Å². The molecular weight excluding hydrogens is 457 g/mol. The standard InChI is InChI=1S/C20H20ClF3N2O4S/c21-15-7-5-13(19(27)28)11-18(15)31(29,30)25-16-12-14(20(22,23)24)6-8-17(16)26-9-3-1-2-4-10-26/h5-8,11-12,25H,1-4,9-10H2,(H,27,28). The molecule has 0 saturated carbocycles. The zero-order valence-electron chi connectivity index (χ0n) is 16.2. The van der Waals surface area contributed by atoms with E-state index in [1.807, 2.05) is 4.90 Å². The van der Waals surface area contributed by atoms with E-state index in [0.717, 1.165) is 56.0 Å². The van der Waals surface area contributed by atoms with Crippen LogP contribution in [0.15, 0.2) is 41.3 Å². The molecule has 2 aromatic rings. The minimum absolute atomic E-state index is 0.242. The predicted octanol–water partition coefficient (Wildman–Crippen LogP) is 5.24. The number of halogens is 4. The highest BCUT2D eigenvalue weighted by Crippen LogP contribution is 2.37. The van der Waals surface area contributed by atoms with Gasteiger partial charge in [0.05, 0.1) is 27.5 Å². The van der Waals surface area contributed by atoms with E-state index in [1.165, 1.54) is 6.07 Å². The molecule has 2 aromatic carbocycles. The molecule has 0 radical (unpaired) electrons. The first kappa shape index (κ1) is 23.2. The summed E-state index contributed by atoms with van der Waals surface area (Å²) >= 11 is 5.96. The summed E-state index contributed by atoms with van der Waals surface area (Å²) < 4.78 is 68.0. The largest absolute Gasteiger partial charge is 0.478 e. The molecule has 2 N–H and O–H groups in total. The molecule has 31 heavy (non-hydrogen) atoms. The zero-order valence-corrected chi connectivity index (χ0v) is 17.8. The van der Waals surface area contributed by atoms with Crippen LogP contribution in [0.1, 0.15) is 41.6 Å². The monoisotopic (exact) mass is 476 g/mol. The minimum Gasteiger partial charge on any atom is -0.478 e. The maximum Gasteiger partial charge on any atom is 0.416 e. The quantitative estimate of drug-likeness (QED) is 0.616. The summed E-state index contributed by atoms with van der Waals surface area (Å²) in [6, 6.07) is 6.02. The first-order valence-electron chi connectivity index (χ1n) is 9.51. The molecule has 168 valence electrons. The average molecular weight is 477 g/mol. The molecular formula is C20H20ClF3N2O4S. The first-order chi connectivity index (χ1) is 14.5. The van der Waals surface area contributed by atoms with Crippen LogP contribution in [0, 0.1) is 0 Å². The molecule has 11 heteroatoms. The van der Waals surface area contributed by atoms with Gasteiger partial charge in [0.1, 0.15) is 4.90 Å². The van der Waals surface area contributed by atoms with Crippen molar-refractivity contribution in [2.45, 2.75) is 36.8 Å². The number of carboxylic acid groups (broad SMARTS) is 1. The van der Waals surface area contributed by atoms with Crippen molar-refractivity contribution in [3.8, 4) is 0 Å². The van der Waals surface area contributed by atoms with E-state index in [9.17, 15) is 26.4 Å². The molecule has 0 atom stereocenters. The van der Waals surface area contributed by atoms with Crippen molar-refractivity contribution in [1.82, 2.24) is 0 Å². The summed E-state index contributed by atoms with van der Waals surface area (Å²) in [5, 5.41) is 8.88. The van der Waals surface area contributed by atoms with E-state index in [0.29, 0.717) is 18.8 Å². The summed E-state index contributed by atoms with van der Waals surface area (Å²) in [4.78, 5) is 12.5. The Hall–Kier alpha value is -2.46. The van der Waals surface area contributed by atoms with E-state index in [4.69, 9.17) is 16.7 Å². The van der Waals surface area contributed by atoms with Crippen LogP contribution in [0.25, 0.3) is 0 Å². The Balaban J connectivity index is 2.07. The van der Waals surface area contributed by atoms with E-state index in [2.05, 4.69) is 4.72 Å². The van der Waals surface area contributed by atoms with Crippen LogP contribution in [0.3, 0.4) is 0 Å².